The molecular formula is C12H13FN2O2S. The topological polar surface area (TPSA) is 61.2 Å². The van der Waals surface area contributed by atoms with Crippen molar-refractivity contribution in [3.8, 4) is 6.07 Å². The lowest BCUT2D eigenvalue weighted by molar-refractivity contribution is 0.596. The summed E-state index contributed by atoms with van der Waals surface area (Å²) in [5.41, 5.74) is 0.629. The molecule has 0 atom stereocenters. The first kappa shape index (κ1) is 12.8. The van der Waals surface area contributed by atoms with Gasteiger partial charge in [-0.3, -0.25) is 0 Å². The van der Waals surface area contributed by atoms with Crippen molar-refractivity contribution < 1.29 is 12.8 Å². The fraction of sp³-hybridized carbons (Fsp3) is 0.417. The molecule has 0 amide bonds. The van der Waals surface area contributed by atoms with Crippen molar-refractivity contribution in [1.29, 1.82) is 5.26 Å². The van der Waals surface area contributed by atoms with Crippen LogP contribution in [0.4, 0.5) is 10.1 Å². The zero-order valence-corrected chi connectivity index (χ0v) is 10.6. The molecule has 0 radical (unpaired) electrons. The lowest BCUT2D eigenvalue weighted by Crippen LogP contribution is -2.27. The van der Waals surface area contributed by atoms with Crippen LogP contribution in [0.15, 0.2) is 18.2 Å². The van der Waals surface area contributed by atoms with Gasteiger partial charge >= 0.3 is 0 Å². The molecule has 0 saturated carbocycles. The molecule has 0 unspecified atom stereocenters. The Morgan fingerprint density at radius 2 is 2.06 bits per heavy atom. The average Bonchev–Trinajstić information content (AvgIpc) is 2.50. The highest BCUT2D eigenvalue weighted by Crippen LogP contribution is 2.22. The van der Waals surface area contributed by atoms with E-state index in [-0.39, 0.29) is 17.1 Å². The number of anilines is 1. The van der Waals surface area contributed by atoms with E-state index in [9.17, 15) is 12.8 Å². The number of hydrogen-bond acceptors (Lipinski definition) is 4. The highest BCUT2D eigenvalue weighted by molar-refractivity contribution is 7.91. The number of sulfone groups is 1. The van der Waals surface area contributed by atoms with Crippen LogP contribution in [0.1, 0.15) is 12.0 Å². The molecule has 1 aromatic carbocycles. The fourth-order valence-corrected chi connectivity index (χ4v) is 3.28. The Labute approximate surface area is 106 Å². The zero-order valence-electron chi connectivity index (χ0n) is 9.76. The Hall–Kier alpha value is -1.61. The molecule has 0 aliphatic carbocycles. The highest BCUT2D eigenvalue weighted by atomic mass is 32.2. The number of nitriles is 1. The molecule has 6 heteroatoms. The SMILES string of the molecule is N#Cc1ccc(N2CCCS(=O)(=O)CC2)c(F)c1. The van der Waals surface area contributed by atoms with Crippen molar-refractivity contribution in [2.45, 2.75) is 6.42 Å². The summed E-state index contributed by atoms with van der Waals surface area (Å²) in [6.07, 6.45) is 0.502. The summed E-state index contributed by atoms with van der Waals surface area (Å²) in [4.78, 5) is 1.72. The van der Waals surface area contributed by atoms with E-state index in [1.165, 1.54) is 18.2 Å². The first-order valence-electron chi connectivity index (χ1n) is 5.67. The predicted molar refractivity (Wildman–Crippen MR) is 66.6 cm³/mol. The van der Waals surface area contributed by atoms with Crippen molar-refractivity contribution in [3.05, 3.63) is 29.6 Å². The molecule has 1 aromatic rings. The summed E-state index contributed by atoms with van der Waals surface area (Å²) < 4.78 is 36.7. The summed E-state index contributed by atoms with van der Waals surface area (Å²) >= 11 is 0. The van der Waals surface area contributed by atoms with E-state index < -0.39 is 15.7 Å². The number of rotatable bonds is 1. The monoisotopic (exact) mass is 268 g/mol. The van der Waals surface area contributed by atoms with Crippen LogP contribution in [0, 0.1) is 17.1 Å². The lowest BCUT2D eigenvalue weighted by atomic mass is 10.2. The summed E-state index contributed by atoms with van der Waals surface area (Å²) in [6, 6.07) is 6.12. The van der Waals surface area contributed by atoms with E-state index in [0.29, 0.717) is 25.2 Å². The third-order valence-corrected chi connectivity index (χ3v) is 4.69. The Balaban J connectivity index is 2.24. The Kier molecular flexibility index (Phi) is 3.53. The largest absolute Gasteiger partial charge is 0.368 e. The van der Waals surface area contributed by atoms with Gasteiger partial charge in [0.2, 0.25) is 0 Å². The van der Waals surface area contributed by atoms with Crippen LogP contribution in [-0.4, -0.2) is 33.0 Å². The Bertz CT molecular complexity index is 593. The van der Waals surface area contributed by atoms with Crippen molar-refractivity contribution in [3.63, 3.8) is 0 Å². The van der Waals surface area contributed by atoms with E-state index in [2.05, 4.69) is 0 Å². The van der Waals surface area contributed by atoms with Gasteiger partial charge in [0.1, 0.15) is 5.82 Å². The predicted octanol–water partition coefficient (Wildman–Crippen LogP) is 1.32. The van der Waals surface area contributed by atoms with Crippen LogP contribution in [0.25, 0.3) is 0 Å². The Morgan fingerprint density at radius 3 is 2.72 bits per heavy atom. The maximum atomic E-state index is 13.8. The quantitative estimate of drug-likeness (QED) is 0.770. The maximum Gasteiger partial charge on any atom is 0.152 e. The zero-order chi connectivity index (χ0) is 13.2. The fourth-order valence-electron chi connectivity index (χ4n) is 2.01. The van der Waals surface area contributed by atoms with Crippen LogP contribution >= 0.6 is 0 Å². The van der Waals surface area contributed by atoms with Crippen molar-refractivity contribution in [1.82, 2.24) is 0 Å². The minimum Gasteiger partial charge on any atom is -0.368 e. The summed E-state index contributed by atoms with van der Waals surface area (Å²) in [5.74, 6) is -0.276. The minimum atomic E-state index is -3.00. The van der Waals surface area contributed by atoms with Gasteiger partial charge in [0, 0.05) is 13.1 Å². The number of hydrogen-bond donors (Lipinski definition) is 0. The number of nitrogens with zero attached hydrogens (tertiary/aromatic N) is 2. The number of benzene rings is 1. The molecule has 96 valence electrons. The summed E-state index contributed by atoms with van der Waals surface area (Å²) in [6.45, 7) is 0.813. The summed E-state index contributed by atoms with van der Waals surface area (Å²) in [7, 11) is -3.00. The first-order chi connectivity index (χ1) is 8.52. The second kappa shape index (κ2) is 4.94. The van der Waals surface area contributed by atoms with Crippen LogP contribution in [0.2, 0.25) is 0 Å². The molecule has 1 saturated heterocycles. The molecule has 1 aliphatic rings. The van der Waals surface area contributed by atoms with Crippen molar-refractivity contribution >= 4 is 15.5 Å². The van der Waals surface area contributed by atoms with Gasteiger partial charge in [-0.2, -0.15) is 5.26 Å². The second-order valence-electron chi connectivity index (χ2n) is 4.27. The lowest BCUT2D eigenvalue weighted by Gasteiger charge is -2.22. The molecule has 0 spiro atoms. The molecular weight excluding hydrogens is 255 g/mol. The van der Waals surface area contributed by atoms with Crippen LogP contribution in [0.5, 0.6) is 0 Å². The van der Waals surface area contributed by atoms with Gasteiger partial charge in [0.05, 0.1) is 28.8 Å². The van der Waals surface area contributed by atoms with Gasteiger partial charge in [-0.15, -0.1) is 0 Å². The van der Waals surface area contributed by atoms with Gasteiger partial charge < -0.3 is 4.90 Å². The van der Waals surface area contributed by atoms with E-state index >= 15 is 0 Å². The van der Waals surface area contributed by atoms with Gasteiger partial charge in [-0.05, 0) is 24.6 Å². The van der Waals surface area contributed by atoms with E-state index in [4.69, 9.17) is 5.26 Å². The van der Waals surface area contributed by atoms with Gasteiger partial charge in [-0.25, -0.2) is 12.8 Å². The molecule has 1 aliphatic heterocycles. The van der Waals surface area contributed by atoms with Crippen LogP contribution in [0.3, 0.4) is 0 Å². The third kappa shape index (κ3) is 2.79. The first-order valence-corrected chi connectivity index (χ1v) is 7.49. The molecule has 1 fully saturated rings. The van der Waals surface area contributed by atoms with Gasteiger partial charge in [-0.1, -0.05) is 0 Å². The molecule has 4 nitrogen and oxygen atoms in total. The van der Waals surface area contributed by atoms with Gasteiger partial charge in [0.15, 0.2) is 9.84 Å². The highest BCUT2D eigenvalue weighted by Gasteiger charge is 2.21. The van der Waals surface area contributed by atoms with Crippen LogP contribution < -0.4 is 4.90 Å². The average molecular weight is 268 g/mol. The van der Waals surface area contributed by atoms with Gasteiger partial charge in [0.25, 0.3) is 0 Å². The smallest absolute Gasteiger partial charge is 0.152 e. The molecule has 0 N–H and O–H groups in total. The van der Waals surface area contributed by atoms with E-state index in [1.807, 2.05) is 6.07 Å². The standard InChI is InChI=1S/C12H13FN2O2S/c13-11-8-10(9-14)2-3-12(11)15-4-1-6-18(16,17)7-5-15/h2-3,8H,1,4-7H2. The summed E-state index contributed by atoms with van der Waals surface area (Å²) in [5, 5.41) is 8.67. The number of halogens is 1. The van der Waals surface area contributed by atoms with Crippen LogP contribution in [-0.2, 0) is 9.84 Å². The molecule has 2 rings (SSSR count). The maximum absolute atomic E-state index is 13.8. The van der Waals surface area contributed by atoms with Crippen molar-refractivity contribution in [2.24, 2.45) is 0 Å². The molecule has 1 heterocycles. The van der Waals surface area contributed by atoms with E-state index in [1.54, 1.807) is 4.90 Å². The Morgan fingerprint density at radius 1 is 1.28 bits per heavy atom. The second-order valence-corrected chi connectivity index (χ2v) is 6.57. The van der Waals surface area contributed by atoms with Crippen molar-refractivity contribution in [2.75, 3.05) is 29.5 Å². The molecule has 0 aromatic heterocycles. The molecule has 18 heavy (non-hydrogen) atoms. The third-order valence-electron chi connectivity index (χ3n) is 2.97. The minimum absolute atomic E-state index is 0.0481. The normalized spacial score (nSPS) is 19.0. The molecule has 0 bridgehead atoms. The van der Waals surface area contributed by atoms with E-state index in [0.717, 1.165) is 0 Å².